The zero-order valence-corrected chi connectivity index (χ0v) is 12.8. The Bertz CT molecular complexity index is 658. The highest BCUT2D eigenvalue weighted by atomic mass is 35.5. The molecule has 1 heterocycles. The van der Waals surface area contributed by atoms with Crippen molar-refractivity contribution in [2.75, 3.05) is 0 Å². The van der Waals surface area contributed by atoms with Crippen molar-refractivity contribution in [1.29, 1.82) is 0 Å². The monoisotopic (exact) mass is 309 g/mol. The summed E-state index contributed by atoms with van der Waals surface area (Å²) in [5.41, 5.74) is -0.136. The number of hydrogen-bond donors (Lipinski definition) is 1. The smallest absolute Gasteiger partial charge is 0.339 e. The van der Waals surface area contributed by atoms with Gasteiger partial charge in [-0.2, -0.15) is 0 Å². The lowest BCUT2D eigenvalue weighted by Gasteiger charge is -2.13. The molecule has 112 valence electrons. The van der Waals surface area contributed by atoms with Crippen LogP contribution in [0.5, 0.6) is 5.75 Å². The number of rotatable bonds is 4. The standard InChI is InChI=1S/C15H16ClNO4/c1-15(2,3)12-7-17-13(21-12)8-20-11-5-4-9(16)6-10(11)14(18)19/h4-7H,8H2,1-3H3,(H,18,19). The number of benzene rings is 1. The first-order chi connectivity index (χ1) is 9.77. The third-order valence-electron chi connectivity index (χ3n) is 2.82. The second-order valence-corrected chi connectivity index (χ2v) is 6.04. The second-order valence-electron chi connectivity index (χ2n) is 5.60. The van der Waals surface area contributed by atoms with E-state index >= 15 is 0 Å². The fraction of sp³-hybridized carbons (Fsp3) is 0.333. The molecule has 0 aliphatic heterocycles. The van der Waals surface area contributed by atoms with Gasteiger partial charge < -0.3 is 14.3 Å². The lowest BCUT2D eigenvalue weighted by atomic mass is 9.94. The van der Waals surface area contributed by atoms with Crippen LogP contribution in [0, 0.1) is 0 Å². The lowest BCUT2D eigenvalue weighted by Crippen LogP contribution is -2.09. The maximum atomic E-state index is 11.1. The van der Waals surface area contributed by atoms with Crippen LogP contribution in [0.2, 0.25) is 5.02 Å². The predicted octanol–water partition coefficient (Wildman–Crippen LogP) is 3.90. The van der Waals surface area contributed by atoms with Crippen molar-refractivity contribution in [2.45, 2.75) is 32.8 Å². The molecule has 21 heavy (non-hydrogen) atoms. The molecule has 0 saturated carbocycles. The summed E-state index contributed by atoms with van der Waals surface area (Å²) in [6, 6.07) is 4.42. The van der Waals surface area contributed by atoms with Crippen LogP contribution in [0.1, 0.15) is 42.8 Å². The van der Waals surface area contributed by atoms with Crippen LogP contribution in [-0.4, -0.2) is 16.1 Å². The predicted molar refractivity (Wildman–Crippen MR) is 77.9 cm³/mol. The number of hydrogen-bond acceptors (Lipinski definition) is 4. The zero-order valence-electron chi connectivity index (χ0n) is 12.0. The Morgan fingerprint density at radius 2 is 2.14 bits per heavy atom. The molecule has 0 radical (unpaired) electrons. The second kappa shape index (κ2) is 5.77. The average molecular weight is 310 g/mol. The van der Waals surface area contributed by atoms with E-state index < -0.39 is 5.97 Å². The van der Waals surface area contributed by atoms with E-state index in [4.69, 9.17) is 25.9 Å². The summed E-state index contributed by atoms with van der Waals surface area (Å²) in [7, 11) is 0. The number of oxazole rings is 1. The zero-order chi connectivity index (χ0) is 15.6. The molecule has 0 fully saturated rings. The molecule has 0 unspecified atom stereocenters. The maximum Gasteiger partial charge on any atom is 0.339 e. The number of nitrogens with zero attached hydrogens (tertiary/aromatic N) is 1. The van der Waals surface area contributed by atoms with Gasteiger partial charge in [-0.05, 0) is 18.2 Å². The van der Waals surface area contributed by atoms with Gasteiger partial charge in [-0.1, -0.05) is 32.4 Å². The minimum Gasteiger partial charge on any atom is -0.483 e. The summed E-state index contributed by atoms with van der Waals surface area (Å²) in [5, 5.41) is 9.46. The number of ether oxygens (including phenoxy) is 1. The van der Waals surface area contributed by atoms with Gasteiger partial charge in [-0.25, -0.2) is 9.78 Å². The molecule has 0 spiro atoms. The molecule has 6 heteroatoms. The molecule has 0 amide bonds. The largest absolute Gasteiger partial charge is 0.483 e. The molecular weight excluding hydrogens is 294 g/mol. The van der Waals surface area contributed by atoms with E-state index in [1.807, 2.05) is 20.8 Å². The Hall–Kier alpha value is -2.01. The molecule has 5 nitrogen and oxygen atoms in total. The summed E-state index contributed by atoms with van der Waals surface area (Å²) in [6.45, 7) is 6.09. The van der Waals surface area contributed by atoms with Crippen molar-refractivity contribution >= 4 is 17.6 Å². The van der Waals surface area contributed by atoms with Crippen molar-refractivity contribution in [2.24, 2.45) is 0 Å². The van der Waals surface area contributed by atoms with Gasteiger partial charge >= 0.3 is 5.97 Å². The highest BCUT2D eigenvalue weighted by Crippen LogP contribution is 2.25. The Labute approximate surface area is 127 Å². The maximum absolute atomic E-state index is 11.1. The van der Waals surface area contributed by atoms with Gasteiger partial charge in [0.15, 0.2) is 6.61 Å². The molecule has 1 aromatic carbocycles. The average Bonchev–Trinajstić information content (AvgIpc) is 2.85. The molecule has 2 aromatic rings. The minimum absolute atomic E-state index is 0.00472. The minimum atomic E-state index is -1.10. The third kappa shape index (κ3) is 3.76. The molecule has 1 N–H and O–H groups in total. The van der Waals surface area contributed by atoms with Crippen molar-refractivity contribution in [3.8, 4) is 5.75 Å². The molecule has 0 aliphatic rings. The van der Waals surface area contributed by atoms with Crippen molar-refractivity contribution in [3.05, 3.63) is 46.6 Å². The molecule has 0 saturated heterocycles. The van der Waals surface area contributed by atoms with Gasteiger partial charge in [0.1, 0.15) is 17.1 Å². The van der Waals surface area contributed by atoms with E-state index in [9.17, 15) is 4.79 Å². The van der Waals surface area contributed by atoms with E-state index in [-0.39, 0.29) is 23.3 Å². The quantitative estimate of drug-likeness (QED) is 0.927. The number of carboxylic acids is 1. The highest BCUT2D eigenvalue weighted by molar-refractivity contribution is 6.31. The first kappa shape index (κ1) is 15.4. The Morgan fingerprint density at radius 3 is 2.71 bits per heavy atom. The van der Waals surface area contributed by atoms with Crippen molar-refractivity contribution in [3.63, 3.8) is 0 Å². The fourth-order valence-electron chi connectivity index (χ4n) is 1.66. The van der Waals surface area contributed by atoms with E-state index in [1.165, 1.54) is 12.1 Å². The number of aromatic carboxylic acids is 1. The van der Waals surface area contributed by atoms with E-state index in [1.54, 1.807) is 12.3 Å². The molecular formula is C15H16ClNO4. The van der Waals surface area contributed by atoms with Crippen LogP contribution < -0.4 is 4.74 Å². The summed E-state index contributed by atoms with van der Waals surface area (Å²) in [4.78, 5) is 15.3. The Kier molecular flexibility index (Phi) is 4.23. The number of carboxylic acid groups (broad SMARTS) is 1. The molecule has 2 rings (SSSR count). The van der Waals surface area contributed by atoms with E-state index in [0.717, 1.165) is 5.76 Å². The van der Waals surface area contributed by atoms with E-state index in [2.05, 4.69) is 4.98 Å². The first-order valence-corrected chi connectivity index (χ1v) is 6.76. The molecule has 0 atom stereocenters. The van der Waals surface area contributed by atoms with Crippen molar-refractivity contribution < 1.29 is 19.1 Å². The number of carbonyl (C=O) groups is 1. The van der Waals surface area contributed by atoms with Crippen molar-refractivity contribution in [1.82, 2.24) is 4.98 Å². The summed E-state index contributed by atoms with van der Waals surface area (Å²) in [6.07, 6.45) is 1.65. The van der Waals surface area contributed by atoms with Gasteiger partial charge in [0.05, 0.1) is 6.20 Å². The molecule has 1 aromatic heterocycles. The number of aromatic nitrogens is 1. The Balaban J connectivity index is 2.13. The van der Waals surface area contributed by atoms with Crippen LogP contribution in [0.3, 0.4) is 0 Å². The molecule has 0 aliphatic carbocycles. The van der Waals surface area contributed by atoms with Gasteiger partial charge in [0.25, 0.3) is 0 Å². The van der Waals surface area contributed by atoms with Crippen LogP contribution in [-0.2, 0) is 12.0 Å². The van der Waals surface area contributed by atoms with Crippen LogP contribution >= 0.6 is 11.6 Å². The number of halogens is 1. The lowest BCUT2D eigenvalue weighted by molar-refractivity contribution is 0.0691. The Morgan fingerprint density at radius 1 is 1.43 bits per heavy atom. The molecule has 0 bridgehead atoms. The van der Waals surface area contributed by atoms with Gasteiger partial charge in [-0.15, -0.1) is 0 Å². The van der Waals surface area contributed by atoms with Crippen LogP contribution in [0.4, 0.5) is 0 Å². The van der Waals surface area contributed by atoms with Gasteiger partial charge in [0.2, 0.25) is 5.89 Å². The van der Waals surface area contributed by atoms with E-state index in [0.29, 0.717) is 10.9 Å². The summed E-state index contributed by atoms with van der Waals surface area (Å²) < 4.78 is 11.1. The highest BCUT2D eigenvalue weighted by Gasteiger charge is 2.19. The van der Waals surface area contributed by atoms with Crippen LogP contribution in [0.15, 0.2) is 28.8 Å². The fourth-order valence-corrected chi connectivity index (χ4v) is 1.83. The third-order valence-corrected chi connectivity index (χ3v) is 3.05. The first-order valence-electron chi connectivity index (χ1n) is 6.38. The topological polar surface area (TPSA) is 72.6 Å². The van der Waals surface area contributed by atoms with Gasteiger partial charge in [-0.3, -0.25) is 0 Å². The SMILES string of the molecule is CC(C)(C)c1cnc(COc2ccc(Cl)cc2C(=O)O)o1. The van der Waals surface area contributed by atoms with Gasteiger partial charge in [0, 0.05) is 10.4 Å². The normalized spacial score (nSPS) is 11.4. The summed E-state index contributed by atoms with van der Waals surface area (Å²) in [5.74, 6) is 0.263. The summed E-state index contributed by atoms with van der Waals surface area (Å²) >= 11 is 5.78. The van der Waals surface area contributed by atoms with Crippen LogP contribution in [0.25, 0.3) is 0 Å².